The molecule has 0 unspecified atom stereocenters. The van der Waals surface area contributed by atoms with Crippen molar-refractivity contribution in [1.82, 2.24) is 0 Å². The van der Waals surface area contributed by atoms with Gasteiger partial charge in [-0.1, -0.05) is 43.5 Å². The van der Waals surface area contributed by atoms with Gasteiger partial charge in [-0.3, -0.25) is 0 Å². The van der Waals surface area contributed by atoms with E-state index in [1.54, 1.807) is 0 Å². The van der Waals surface area contributed by atoms with Crippen LogP contribution in [0, 0.1) is 20.4 Å². The zero-order chi connectivity index (χ0) is 19.0. The minimum Gasteiger partial charge on any atom is -0.238 e. The number of rotatable bonds is 2. The maximum Gasteiger partial charge on any atom is 0.220 e. The number of nitrogens with zero attached hydrogens (tertiary/aromatic N) is 2. The molecule has 0 bridgehead atoms. The number of pyridine rings is 1. The van der Waals surface area contributed by atoms with Gasteiger partial charge in [-0.25, -0.2) is 4.85 Å². The Hall–Kier alpha value is -2.66. The second-order valence-corrected chi connectivity index (χ2v) is 7.99. The van der Waals surface area contributed by atoms with Crippen LogP contribution in [0.2, 0.25) is 0 Å². The van der Waals surface area contributed by atoms with Crippen molar-refractivity contribution in [3.05, 3.63) is 70.7 Å². The molecule has 4 rings (SSSR count). The standard InChI is InChI=1S/C25H27N2/c1-17-10-11-20(19-8-6-5-7-9-19)16-24(17)25-23-13-12-22(26-3)15-21(23)14-18(2)27(25)4/h10-16,19H,5-9H2,1-2,4H3/q+1. The van der Waals surface area contributed by atoms with Gasteiger partial charge in [0.15, 0.2) is 11.4 Å². The van der Waals surface area contributed by atoms with Gasteiger partial charge in [0, 0.05) is 18.6 Å². The molecule has 0 radical (unpaired) electrons. The summed E-state index contributed by atoms with van der Waals surface area (Å²) >= 11 is 0. The fourth-order valence-corrected chi connectivity index (χ4v) is 4.54. The predicted molar refractivity (Wildman–Crippen MR) is 112 cm³/mol. The number of aryl methyl sites for hydroxylation is 2. The average molecular weight is 356 g/mol. The van der Waals surface area contributed by atoms with Crippen molar-refractivity contribution in [3.63, 3.8) is 0 Å². The van der Waals surface area contributed by atoms with Crippen LogP contribution in [0.5, 0.6) is 0 Å². The molecule has 136 valence electrons. The predicted octanol–water partition coefficient (Wildman–Crippen LogP) is 6.55. The van der Waals surface area contributed by atoms with E-state index < -0.39 is 0 Å². The topological polar surface area (TPSA) is 8.24 Å². The fraction of sp³-hybridized carbons (Fsp3) is 0.360. The molecule has 1 aliphatic rings. The van der Waals surface area contributed by atoms with Crippen LogP contribution in [0.1, 0.15) is 54.8 Å². The highest BCUT2D eigenvalue weighted by molar-refractivity contribution is 5.95. The van der Waals surface area contributed by atoms with Crippen molar-refractivity contribution in [2.75, 3.05) is 0 Å². The van der Waals surface area contributed by atoms with Crippen molar-refractivity contribution in [2.45, 2.75) is 51.9 Å². The van der Waals surface area contributed by atoms with Gasteiger partial charge in [-0.15, -0.1) is 0 Å². The van der Waals surface area contributed by atoms with Gasteiger partial charge >= 0.3 is 0 Å². The van der Waals surface area contributed by atoms with E-state index in [4.69, 9.17) is 6.57 Å². The number of hydrogen-bond donors (Lipinski definition) is 0. The lowest BCUT2D eigenvalue weighted by atomic mass is 9.82. The van der Waals surface area contributed by atoms with E-state index in [0.717, 1.165) is 5.39 Å². The van der Waals surface area contributed by atoms with Gasteiger partial charge < -0.3 is 0 Å². The number of hydrogen-bond acceptors (Lipinski definition) is 0. The van der Waals surface area contributed by atoms with E-state index in [1.807, 2.05) is 12.1 Å². The van der Waals surface area contributed by atoms with E-state index in [-0.39, 0.29) is 0 Å². The van der Waals surface area contributed by atoms with Crippen LogP contribution in [0.15, 0.2) is 42.5 Å². The third-order valence-corrected chi connectivity index (χ3v) is 6.24. The van der Waals surface area contributed by atoms with Gasteiger partial charge in [0.05, 0.1) is 12.0 Å². The summed E-state index contributed by atoms with van der Waals surface area (Å²) in [4.78, 5) is 3.61. The molecular weight excluding hydrogens is 328 g/mol. The lowest BCUT2D eigenvalue weighted by Crippen LogP contribution is -2.35. The summed E-state index contributed by atoms with van der Waals surface area (Å²) in [5, 5.41) is 2.37. The monoisotopic (exact) mass is 355 g/mol. The van der Waals surface area contributed by atoms with Crippen molar-refractivity contribution in [3.8, 4) is 11.3 Å². The first-order valence-corrected chi connectivity index (χ1v) is 10.0. The molecule has 2 nitrogen and oxygen atoms in total. The van der Waals surface area contributed by atoms with Gasteiger partial charge in [-0.2, -0.15) is 4.57 Å². The molecule has 1 aromatic heterocycles. The van der Waals surface area contributed by atoms with Gasteiger partial charge in [0.2, 0.25) is 5.69 Å². The molecule has 1 saturated carbocycles. The molecule has 3 aromatic rings. The summed E-state index contributed by atoms with van der Waals surface area (Å²) in [7, 11) is 2.15. The van der Waals surface area contributed by atoms with Crippen LogP contribution in [0.4, 0.5) is 5.69 Å². The molecule has 2 aromatic carbocycles. The number of fused-ring (bicyclic) bond motifs is 1. The van der Waals surface area contributed by atoms with Crippen LogP contribution in [0.25, 0.3) is 26.9 Å². The Kier molecular flexibility index (Phi) is 4.70. The molecular formula is C25H27N2+. The largest absolute Gasteiger partial charge is 0.238 e. The zero-order valence-electron chi connectivity index (χ0n) is 16.5. The molecule has 27 heavy (non-hydrogen) atoms. The van der Waals surface area contributed by atoms with Crippen LogP contribution in [-0.4, -0.2) is 0 Å². The van der Waals surface area contributed by atoms with E-state index in [9.17, 15) is 0 Å². The van der Waals surface area contributed by atoms with Gasteiger partial charge in [-0.05, 0) is 54.3 Å². The Morgan fingerprint density at radius 2 is 1.74 bits per heavy atom. The summed E-state index contributed by atoms with van der Waals surface area (Å²) in [6.45, 7) is 11.7. The molecule has 0 spiro atoms. The second kappa shape index (κ2) is 7.16. The molecule has 1 heterocycles. The van der Waals surface area contributed by atoms with Crippen molar-refractivity contribution >= 4 is 16.5 Å². The highest BCUT2D eigenvalue weighted by Crippen LogP contribution is 2.37. The third-order valence-electron chi connectivity index (χ3n) is 6.24. The van der Waals surface area contributed by atoms with Crippen LogP contribution >= 0.6 is 0 Å². The highest BCUT2D eigenvalue weighted by Gasteiger charge is 2.22. The van der Waals surface area contributed by atoms with Crippen molar-refractivity contribution in [1.29, 1.82) is 0 Å². The lowest BCUT2D eigenvalue weighted by molar-refractivity contribution is -0.665. The van der Waals surface area contributed by atoms with Crippen LogP contribution in [0.3, 0.4) is 0 Å². The van der Waals surface area contributed by atoms with Crippen LogP contribution in [-0.2, 0) is 7.05 Å². The third kappa shape index (κ3) is 3.23. The number of aromatic nitrogens is 1. The van der Waals surface area contributed by atoms with E-state index >= 15 is 0 Å². The Balaban J connectivity index is 1.93. The molecule has 0 atom stereocenters. The minimum atomic E-state index is 0.702. The Bertz CT molecular complexity index is 1050. The normalized spacial score (nSPS) is 15.0. The lowest BCUT2D eigenvalue weighted by Gasteiger charge is -2.23. The highest BCUT2D eigenvalue weighted by atomic mass is 14.9. The quantitative estimate of drug-likeness (QED) is 0.364. The van der Waals surface area contributed by atoms with E-state index in [0.29, 0.717) is 11.6 Å². The summed E-state index contributed by atoms with van der Waals surface area (Å²) in [6.07, 6.45) is 6.73. The summed E-state index contributed by atoms with van der Waals surface area (Å²) < 4.78 is 2.30. The second-order valence-electron chi connectivity index (χ2n) is 7.99. The summed E-state index contributed by atoms with van der Waals surface area (Å²) in [5.74, 6) is 0.702. The molecule has 0 saturated heterocycles. The van der Waals surface area contributed by atoms with E-state index in [1.165, 1.54) is 65.6 Å². The maximum absolute atomic E-state index is 7.33. The molecule has 0 aliphatic heterocycles. The summed E-state index contributed by atoms with van der Waals surface area (Å²) in [5.41, 5.74) is 7.30. The average Bonchev–Trinajstić information content (AvgIpc) is 2.70. The Morgan fingerprint density at radius 1 is 0.963 bits per heavy atom. The molecule has 1 aliphatic carbocycles. The molecule has 1 fully saturated rings. The van der Waals surface area contributed by atoms with E-state index in [2.05, 4.69) is 60.6 Å². The zero-order valence-corrected chi connectivity index (χ0v) is 16.5. The SMILES string of the molecule is [C-]#[N+]c1ccc2c(-c3cc(C4CCCCC4)ccc3C)[n+](C)c(C)cc2c1. The smallest absolute Gasteiger partial charge is 0.220 e. The minimum absolute atomic E-state index is 0.702. The first kappa shape index (κ1) is 17.7. The van der Waals surface area contributed by atoms with Crippen molar-refractivity contribution < 1.29 is 4.57 Å². The Morgan fingerprint density at radius 3 is 2.48 bits per heavy atom. The first-order valence-electron chi connectivity index (χ1n) is 10.0. The maximum atomic E-state index is 7.33. The van der Waals surface area contributed by atoms with Gasteiger partial charge in [0.1, 0.15) is 7.05 Å². The Labute approximate surface area is 162 Å². The molecule has 0 amide bonds. The van der Waals surface area contributed by atoms with Crippen LogP contribution < -0.4 is 4.57 Å². The molecule has 2 heteroatoms. The fourth-order valence-electron chi connectivity index (χ4n) is 4.54. The number of benzene rings is 2. The molecule has 0 N–H and O–H groups in total. The summed E-state index contributed by atoms with van der Waals surface area (Å²) in [6, 6.07) is 15.3. The first-order chi connectivity index (χ1) is 13.1. The van der Waals surface area contributed by atoms with Gasteiger partial charge in [0.25, 0.3) is 0 Å². The van der Waals surface area contributed by atoms with Crippen molar-refractivity contribution in [2.24, 2.45) is 7.05 Å².